The lowest BCUT2D eigenvalue weighted by molar-refractivity contribution is -0.138. The third kappa shape index (κ3) is 23.4. The molecule has 7 rings (SSSR count). The maximum atomic E-state index is 15.7. The zero-order valence-corrected chi connectivity index (χ0v) is 52.5. The molecule has 0 amide bonds. The van der Waals surface area contributed by atoms with E-state index in [4.69, 9.17) is 28.4 Å². The van der Waals surface area contributed by atoms with E-state index in [9.17, 15) is 19.2 Å². The summed E-state index contributed by atoms with van der Waals surface area (Å²) in [5.74, 6) is -1.22. The van der Waals surface area contributed by atoms with Gasteiger partial charge < -0.3 is 28.4 Å². The number of carbonyl (C=O) groups is 4. The molecule has 16 heteroatoms. The monoisotopic (exact) mass is 1250 g/mol. The summed E-state index contributed by atoms with van der Waals surface area (Å²) in [5, 5.41) is 17.2. The van der Waals surface area contributed by atoms with E-state index in [0.717, 1.165) is 126 Å². The van der Waals surface area contributed by atoms with Gasteiger partial charge in [0, 0.05) is 34.4 Å². The highest BCUT2D eigenvalue weighted by molar-refractivity contribution is 5.96. The van der Waals surface area contributed by atoms with Crippen LogP contribution < -0.4 is 18.9 Å². The molecule has 0 aliphatic rings. The molecule has 0 radical (unpaired) electrons. The number of rotatable bonds is 38. The highest BCUT2D eigenvalue weighted by atomic mass is 19.1. The standard InChI is InChI=1S/C76H80F2N4O10/c1-5-9-15-21-55-27-39-67(69(77)47-55)61-33-41-71(91-75(85)59-29-35-65(36-30-59)87-43-17-11-13-19-45-89-73(83)7-3)63(49-61)53-81-79-51-57-23-25-58(26-24-57)52-80-82-54-64-50-62(68-40-28-56(48-70(68)78)22-16-10-6-2)34-42-72(64)92-76(86)60-31-37-66(38-32-60)88-44-18-12-14-20-46-90-74(84)8-4/h7-8,23-42,47-54H,3-6,9-22,43-46H2,1-2H3/b79-51+,80-52+,81-53+,82-54+. The Morgan fingerprint density at radius 1 is 0.413 bits per heavy atom. The van der Waals surface area contributed by atoms with Crippen LogP contribution in [0.15, 0.2) is 191 Å². The number of nitrogens with zero attached hydrogens (tertiary/aromatic N) is 4. The van der Waals surface area contributed by atoms with Crippen molar-refractivity contribution < 1.29 is 56.4 Å². The van der Waals surface area contributed by atoms with Gasteiger partial charge in [-0.2, -0.15) is 20.4 Å². The van der Waals surface area contributed by atoms with Gasteiger partial charge in [-0.25, -0.2) is 28.0 Å². The summed E-state index contributed by atoms with van der Waals surface area (Å²) < 4.78 is 65.0. The summed E-state index contributed by atoms with van der Waals surface area (Å²) in [6, 6.07) is 41.1. The van der Waals surface area contributed by atoms with Gasteiger partial charge >= 0.3 is 23.9 Å². The third-order valence-electron chi connectivity index (χ3n) is 14.7. The first kappa shape index (κ1) is 69.5. The molecule has 7 aromatic carbocycles. The third-order valence-corrected chi connectivity index (χ3v) is 14.7. The SMILES string of the molecule is C=CC(=O)OCCCCCCOc1ccc(C(=O)Oc2ccc(-c3ccc(CCCCC)cc3F)cc2/C=N/N=C/c2ccc(/C=N/N=C/c3cc(-c4ccc(CCCCC)cc4F)ccc3OC(=O)c3ccc(OCCCCCCOC(=O)C=C)cc3)cc2)cc1. The van der Waals surface area contributed by atoms with E-state index in [1.54, 1.807) is 122 Å². The quantitative estimate of drug-likeness (QED) is 0.00905. The van der Waals surface area contributed by atoms with E-state index in [-0.39, 0.29) is 23.1 Å². The Hall–Kier alpha value is -9.96. The first-order chi connectivity index (χ1) is 44.9. The lowest BCUT2D eigenvalue weighted by Gasteiger charge is -2.12. The molecule has 0 aliphatic carbocycles. The van der Waals surface area contributed by atoms with Crippen LogP contribution >= 0.6 is 0 Å². The predicted octanol–water partition coefficient (Wildman–Crippen LogP) is 17.4. The summed E-state index contributed by atoms with van der Waals surface area (Å²) in [6.07, 6.45) is 22.8. The number of halogens is 2. The number of aryl methyl sites for hydroxylation is 2. The molecular formula is C76H80F2N4O10. The zero-order chi connectivity index (χ0) is 65.1. The van der Waals surface area contributed by atoms with Crippen molar-refractivity contribution in [2.24, 2.45) is 20.4 Å². The molecule has 7 aromatic rings. The van der Waals surface area contributed by atoms with Crippen molar-refractivity contribution in [3.05, 3.63) is 227 Å². The number of ether oxygens (including phenoxy) is 6. The number of hydrogen-bond donors (Lipinski definition) is 0. The van der Waals surface area contributed by atoms with Crippen molar-refractivity contribution in [1.82, 2.24) is 0 Å². The fourth-order valence-corrected chi connectivity index (χ4v) is 9.58. The van der Waals surface area contributed by atoms with Gasteiger partial charge in [-0.15, -0.1) is 0 Å². The summed E-state index contributed by atoms with van der Waals surface area (Å²) in [5.41, 5.74) is 6.52. The van der Waals surface area contributed by atoms with Crippen LogP contribution in [-0.4, -0.2) is 75.2 Å². The Kier molecular flexibility index (Phi) is 29.1. The zero-order valence-electron chi connectivity index (χ0n) is 52.5. The lowest BCUT2D eigenvalue weighted by atomic mass is 9.99. The molecule has 0 N–H and O–H groups in total. The number of benzene rings is 7. The van der Waals surface area contributed by atoms with Crippen LogP contribution in [0, 0.1) is 11.6 Å². The van der Waals surface area contributed by atoms with Crippen LogP contribution in [0.5, 0.6) is 23.0 Å². The van der Waals surface area contributed by atoms with Gasteiger partial charge in [0.1, 0.15) is 34.6 Å². The second kappa shape index (κ2) is 38.6. The number of unbranched alkanes of at least 4 members (excludes halogenated alkanes) is 10. The fourth-order valence-electron chi connectivity index (χ4n) is 9.58. The molecule has 0 heterocycles. The maximum absolute atomic E-state index is 15.7. The van der Waals surface area contributed by atoms with E-state index in [1.807, 2.05) is 36.4 Å². The minimum atomic E-state index is -0.615. The normalized spacial score (nSPS) is 11.3. The predicted molar refractivity (Wildman–Crippen MR) is 360 cm³/mol. The smallest absolute Gasteiger partial charge is 0.343 e. The van der Waals surface area contributed by atoms with Crippen molar-refractivity contribution >= 4 is 48.7 Å². The molecule has 14 nitrogen and oxygen atoms in total. The molecule has 0 saturated heterocycles. The average molecular weight is 1250 g/mol. The fraction of sp³-hybridized carbons (Fsp3) is 0.289. The molecule has 478 valence electrons. The molecule has 0 unspecified atom stereocenters. The molecule has 0 saturated carbocycles. The number of esters is 4. The lowest BCUT2D eigenvalue weighted by Crippen LogP contribution is -2.10. The van der Waals surface area contributed by atoms with Crippen LogP contribution in [0.1, 0.15) is 158 Å². The number of hydrogen-bond acceptors (Lipinski definition) is 14. The van der Waals surface area contributed by atoms with E-state index in [1.165, 1.54) is 12.4 Å². The van der Waals surface area contributed by atoms with Crippen molar-refractivity contribution in [2.75, 3.05) is 26.4 Å². The highest BCUT2D eigenvalue weighted by Gasteiger charge is 2.17. The first-order valence-corrected chi connectivity index (χ1v) is 31.5. The summed E-state index contributed by atoms with van der Waals surface area (Å²) in [7, 11) is 0. The maximum Gasteiger partial charge on any atom is 0.343 e. The van der Waals surface area contributed by atoms with Crippen LogP contribution in [0.3, 0.4) is 0 Å². The Morgan fingerprint density at radius 3 is 1.16 bits per heavy atom. The topological polar surface area (TPSA) is 173 Å². The van der Waals surface area contributed by atoms with Crippen LogP contribution in [-0.2, 0) is 31.9 Å². The van der Waals surface area contributed by atoms with Crippen LogP contribution in [0.2, 0.25) is 0 Å². The van der Waals surface area contributed by atoms with Crippen LogP contribution in [0.25, 0.3) is 22.3 Å². The van der Waals surface area contributed by atoms with E-state index < -0.39 is 23.9 Å². The van der Waals surface area contributed by atoms with Crippen LogP contribution in [0.4, 0.5) is 8.78 Å². The second-order valence-corrected chi connectivity index (χ2v) is 21.8. The molecule has 0 fully saturated rings. The summed E-state index contributed by atoms with van der Waals surface area (Å²) >= 11 is 0. The molecule has 0 aliphatic heterocycles. The van der Waals surface area contributed by atoms with Crippen molar-refractivity contribution in [3.63, 3.8) is 0 Å². The summed E-state index contributed by atoms with van der Waals surface area (Å²) in [4.78, 5) is 49.5. The van der Waals surface area contributed by atoms with Crippen molar-refractivity contribution in [2.45, 2.75) is 117 Å². The highest BCUT2D eigenvalue weighted by Crippen LogP contribution is 2.32. The summed E-state index contributed by atoms with van der Waals surface area (Å²) in [6.45, 7) is 12.7. The minimum Gasteiger partial charge on any atom is -0.494 e. The van der Waals surface area contributed by atoms with Gasteiger partial charge in [-0.3, -0.25) is 0 Å². The van der Waals surface area contributed by atoms with E-state index in [0.29, 0.717) is 93.6 Å². The number of carbonyl (C=O) groups excluding carboxylic acids is 4. The molecule has 0 bridgehead atoms. The Labute approximate surface area is 538 Å². The Morgan fingerprint density at radius 2 is 0.793 bits per heavy atom. The van der Waals surface area contributed by atoms with Crippen molar-refractivity contribution in [1.29, 1.82) is 0 Å². The molecule has 92 heavy (non-hydrogen) atoms. The molecule has 0 aromatic heterocycles. The van der Waals surface area contributed by atoms with E-state index in [2.05, 4.69) is 47.4 Å². The Balaban J connectivity index is 1.00. The largest absolute Gasteiger partial charge is 0.494 e. The van der Waals surface area contributed by atoms with Gasteiger partial charge in [-0.1, -0.05) is 113 Å². The molecular weight excluding hydrogens is 1170 g/mol. The van der Waals surface area contributed by atoms with Gasteiger partial charge in [-0.05, 0) is 195 Å². The van der Waals surface area contributed by atoms with Crippen molar-refractivity contribution in [3.8, 4) is 45.3 Å². The van der Waals surface area contributed by atoms with E-state index >= 15 is 8.78 Å². The first-order valence-electron chi connectivity index (χ1n) is 31.5. The van der Waals surface area contributed by atoms with Gasteiger partial charge in [0.25, 0.3) is 0 Å². The van der Waals surface area contributed by atoms with Gasteiger partial charge in [0.15, 0.2) is 0 Å². The average Bonchev–Trinajstić information content (AvgIpc) is 0.908. The second-order valence-electron chi connectivity index (χ2n) is 21.8. The van der Waals surface area contributed by atoms with Gasteiger partial charge in [0.05, 0.1) is 62.4 Å². The molecule has 0 spiro atoms. The minimum absolute atomic E-state index is 0.193. The Bertz CT molecular complexity index is 3430. The molecule has 0 atom stereocenters. The van der Waals surface area contributed by atoms with Gasteiger partial charge in [0.2, 0.25) is 0 Å².